The smallest absolute Gasteiger partial charge is 0.161 e. The van der Waals surface area contributed by atoms with E-state index < -0.39 is 0 Å². The molecule has 0 aromatic heterocycles. The molecular formula is C20H32N2O2. The molecule has 3 rings (SSSR count). The van der Waals surface area contributed by atoms with Crippen LogP contribution in [0.25, 0.3) is 0 Å². The lowest BCUT2D eigenvalue weighted by Crippen LogP contribution is -2.52. The lowest BCUT2D eigenvalue weighted by Gasteiger charge is -2.43. The van der Waals surface area contributed by atoms with Crippen molar-refractivity contribution in [2.24, 2.45) is 5.92 Å². The van der Waals surface area contributed by atoms with Crippen LogP contribution in [0.1, 0.15) is 38.2 Å². The molecule has 1 aliphatic carbocycles. The molecule has 0 radical (unpaired) electrons. The zero-order valence-electron chi connectivity index (χ0n) is 15.5. The van der Waals surface area contributed by atoms with Gasteiger partial charge in [0.25, 0.3) is 0 Å². The van der Waals surface area contributed by atoms with Gasteiger partial charge in [0.15, 0.2) is 11.5 Å². The number of ether oxygens (including phenoxy) is 2. The first-order chi connectivity index (χ1) is 11.7. The third-order valence-corrected chi connectivity index (χ3v) is 5.80. The molecule has 1 saturated carbocycles. The van der Waals surface area contributed by atoms with Crippen LogP contribution in [-0.4, -0.2) is 56.2 Å². The SMILES string of the molecule is COc1ccc(CN2CCN(C3CCCCC3C)CC2)cc1OC. The molecule has 2 atom stereocenters. The number of methoxy groups -OCH3 is 2. The summed E-state index contributed by atoms with van der Waals surface area (Å²) in [5.41, 5.74) is 1.30. The molecule has 2 unspecified atom stereocenters. The van der Waals surface area contributed by atoms with Crippen LogP contribution in [-0.2, 0) is 6.54 Å². The lowest BCUT2D eigenvalue weighted by atomic mass is 9.84. The lowest BCUT2D eigenvalue weighted by molar-refractivity contribution is 0.0518. The van der Waals surface area contributed by atoms with E-state index in [0.717, 1.165) is 43.1 Å². The second-order valence-corrected chi connectivity index (χ2v) is 7.33. The van der Waals surface area contributed by atoms with E-state index in [4.69, 9.17) is 9.47 Å². The highest BCUT2D eigenvalue weighted by molar-refractivity contribution is 5.42. The molecule has 0 amide bonds. The Bertz CT molecular complexity index is 526. The van der Waals surface area contributed by atoms with Crippen molar-refractivity contribution in [3.8, 4) is 11.5 Å². The van der Waals surface area contributed by atoms with E-state index in [9.17, 15) is 0 Å². The monoisotopic (exact) mass is 332 g/mol. The molecule has 0 spiro atoms. The summed E-state index contributed by atoms with van der Waals surface area (Å²) in [6.07, 6.45) is 5.66. The standard InChI is InChI=1S/C20H32N2O2/c1-16-6-4-5-7-18(16)22-12-10-21(11-13-22)15-17-8-9-19(23-2)20(14-17)24-3/h8-9,14,16,18H,4-7,10-13,15H2,1-3H3. The van der Waals surface area contributed by atoms with Gasteiger partial charge in [0, 0.05) is 38.8 Å². The van der Waals surface area contributed by atoms with Crippen LogP contribution in [0.4, 0.5) is 0 Å². The summed E-state index contributed by atoms with van der Waals surface area (Å²) in [6.45, 7) is 8.19. The average molecular weight is 332 g/mol. The Balaban J connectivity index is 1.53. The van der Waals surface area contributed by atoms with Gasteiger partial charge in [-0.1, -0.05) is 25.8 Å². The van der Waals surface area contributed by atoms with Crippen molar-refractivity contribution in [3.63, 3.8) is 0 Å². The Morgan fingerprint density at radius 3 is 2.33 bits per heavy atom. The zero-order valence-corrected chi connectivity index (χ0v) is 15.5. The highest BCUT2D eigenvalue weighted by Gasteiger charge is 2.29. The summed E-state index contributed by atoms with van der Waals surface area (Å²) in [5.74, 6) is 2.50. The number of rotatable bonds is 5. The molecule has 4 heteroatoms. The Hall–Kier alpha value is -1.26. The largest absolute Gasteiger partial charge is 0.493 e. The molecule has 2 aliphatic rings. The summed E-state index contributed by atoms with van der Waals surface area (Å²) >= 11 is 0. The molecule has 2 fully saturated rings. The van der Waals surface area contributed by atoms with E-state index in [1.54, 1.807) is 14.2 Å². The summed E-state index contributed by atoms with van der Waals surface area (Å²) in [7, 11) is 3.38. The topological polar surface area (TPSA) is 24.9 Å². The van der Waals surface area contributed by atoms with Gasteiger partial charge in [-0.05, 0) is 36.5 Å². The second-order valence-electron chi connectivity index (χ2n) is 7.33. The van der Waals surface area contributed by atoms with Crippen molar-refractivity contribution < 1.29 is 9.47 Å². The van der Waals surface area contributed by atoms with Gasteiger partial charge >= 0.3 is 0 Å². The first-order valence-corrected chi connectivity index (χ1v) is 9.38. The van der Waals surface area contributed by atoms with Gasteiger partial charge < -0.3 is 9.47 Å². The number of hydrogen-bond acceptors (Lipinski definition) is 4. The minimum absolute atomic E-state index is 0.803. The van der Waals surface area contributed by atoms with Crippen LogP contribution in [0.5, 0.6) is 11.5 Å². The van der Waals surface area contributed by atoms with Crippen molar-refractivity contribution in [2.45, 2.75) is 45.2 Å². The summed E-state index contributed by atoms with van der Waals surface area (Å²) in [5, 5.41) is 0. The Kier molecular flexibility index (Phi) is 6.01. The van der Waals surface area contributed by atoms with E-state index in [1.165, 1.54) is 44.3 Å². The van der Waals surface area contributed by atoms with Crippen LogP contribution < -0.4 is 9.47 Å². The van der Waals surface area contributed by atoms with Crippen molar-refractivity contribution >= 4 is 0 Å². The molecule has 4 nitrogen and oxygen atoms in total. The van der Waals surface area contributed by atoms with Crippen LogP contribution in [0.3, 0.4) is 0 Å². The number of piperazine rings is 1. The Morgan fingerprint density at radius 1 is 0.958 bits per heavy atom. The van der Waals surface area contributed by atoms with Gasteiger partial charge in [-0.2, -0.15) is 0 Å². The second kappa shape index (κ2) is 8.21. The number of benzene rings is 1. The van der Waals surface area contributed by atoms with E-state index in [1.807, 2.05) is 6.07 Å². The minimum Gasteiger partial charge on any atom is -0.493 e. The average Bonchev–Trinajstić information content (AvgIpc) is 2.63. The molecule has 1 aliphatic heterocycles. The van der Waals surface area contributed by atoms with Gasteiger partial charge in [0.1, 0.15) is 0 Å². The maximum atomic E-state index is 5.42. The summed E-state index contributed by atoms with van der Waals surface area (Å²) < 4.78 is 10.7. The number of nitrogens with zero attached hydrogens (tertiary/aromatic N) is 2. The van der Waals surface area contributed by atoms with E-state index in [2.05, 4.69) is 28.9 Å². The van der Waals surface area contributed by atoms with Crippen molar-refractivity contribution in [2.75, 3.05) is 40.4 Å². The van der Waals surface area contributed by atoms with E-state index >= 15 is 0 Å². The molecule has 24 heavy (non-hydrogen) atoms. The molecule has 1 aromatic carbocycles. The van der Waals surface area contributed by atoms with Crippen molar-refractivity contribution in [1.82, 2.24) is 9.80 Å². The molecule has 1 aromatic rings. The van der Waals surface area contributed by atoms with E-state index in [0.29, 0.717) is 0 Å². The number of hydrogen-bond donors (Lipinski definition) is 0. The fraction of sp³-hybridized carbons (Fsp3) is 0.700. The maximum Gasteiger partial charge on any atom is 0.161 e. The summed E-state index contributed by atoms with van der Waals surface area (Å²) in [4.78, 5) is 5.31. The predicted molar refractivity (Wildman–Crippen MR) is 97.8 cm³/mol. The van der Waals surface area contributed by atoms with Crippen LogP contribution in [0.2, 0.25) is 0 Å². The molecular weight excluding hydrogens is 300 g/mol. The van der Waals surface area contributed by atoms with Crippen molar-refractivity contribution in [1.29, 1.82) is 0 Å². The van der Waals surface area contributed by atoms with Gasteiger partial charge in [-0.15, -0.1) is 0 Å². The highest BCUT2D eigenvalue weighted by atomic mass is 16.5. The normalized spacial score (nSPS) is 26.3. The molecule has 1 saturated heterocycles. The van der Waals surface area contributed by atoms with E-state index in [-0.39, 0.29) is 0 Å². The molecule has 134 valence electrons. The third-order valence-electron chi connectivity index (χ3n) is 5.80. The minimum atomic E-state index is 0.803. The van der Waals surface area contributed by atoms with Gasteiger partial charge in [-0.25, -0.2) is 0 Å². The maximum absolute atomic E-state index is 5.42. The van der Waals surface area contributed by atoms with Crippen LogP contribution in [0, 0.1) is 5.92 Å². The quantitative estimate of drug-likeness (QED) is 0.825. The first-order valence-electron chi connectivity index (χ1n) is 9.38. The van der Waals surface area contributed by atoms with Crippen LogP contribution >= 0.6 is 0 Å². The van der Waals surface area contributed by atoms with Gasteiger partial charge in [-0.3, -0.25) is 9.80 Å². The molecule has 1 heterocycles. The summed E-state index contributed by atoms with van der Waals surface area (Å²) in [6, 6.07) is 7.08. The zero-order chi connectivity index (χ0) is 16.9. The fourth-order valence-corrected chi connectivity index (χ4v) is 4.33. The van der Waals surface area contributed by atoms with Crippen LogP contribution in [0.15, 0.2) is 18.2 Å². The Labute approximate surface area is 146 Å². The molecule has 0 bridgehead atoms. The predicted octanol–water partition coefficient (Wildman–Crippen LogP) is 3.40. The highest BCUT2D eigenvalue weighted by Crippen LogP contribution is 2.30. The van der Waals surface area contributed by atoms with Crippen molar-refractivity contribution in [3.05, 3.63) is 23.8 Å². The first kappa shape index (κ1) is 17.6. The Morgan fingerprint density at radius 2 is 1.67 bits per heavy atom. The van der Waals surface area contributed by atoms with Gasteiger partial charge in [0.05, 0.1) is 14.2 Å². The van der Waals surface area contributed by atoms with Gasteiger partial charge in [0.2, 0.25) is 0 Å². The molecule has 0 N–H and O–H groups in total. The fourth-order valence-electron chi connectivity index (χ4n) is 4.33. The third kappa shape index (κ3) is 4.04.